The van der Waals surface area contributed by atoms with Crippen LogP contribution in [0.5, 0.6) is 0 Å². The van der Waals surface area contributed by atoms with Crippen molar-refractivity contribution in [1.29, 1.82) is 0 Å². The molecular weight excluding hydrogens is 444 g/mol. The van der Waals surface area contributed by atoms with Crippen LogP contribution in [-0.2, 0) is 14.3 Å². The first-order chi connectivity index (χ1) is 16.8. The molecule has 3 N–H and O–H groups in total. The van der Waals surface area contributed by atoms with Gasteiger partial charge in [0.05, 0.1) is 0 Å². The number of aliphatic carboxylic acids is 1. The molecule has 7 nitrogen and oxygen atoms in total. The van der Waals surface area contributed by atoms with E-state index in [4.69, 9.17) is 9.84 Å². The Labute approximate surface area is 206 Å². The topological polar surface area (TPSA) is 105 Å². The average molecular weight is 479 g/mol. The average Bonchev–Trinajstić information content (AvgIpc) is 3.11. The van der Waals surface area contributed by atoms with Gasteiger partial charge in [-0.3, -0.25) is 9.59 Å². The summed E-state index contributed by atoms with van der Waals surface area (Å²) in [5.41, 5.74) is 4.60. The number of nitrogens with one attached hydrogen (secondary N) is 2. The first kappa shape index (κ1) is 24.8. The highest BCUT2D eigenvalue weighted by Crippen LogP contribution is 2.44. The molecule has 2 amide bonds. The number of fused-ring (bicyclic) bond motifs is 3. The van der Waals surface area contributed by atoms with Crippen LogP contribution in [0.2, 0.25) is 0 Å². The molecular formula is C28H34N2O5. The Morgan fingerprint density at radius 1 is 0.971 bits per heavy atom. The number of rotatable bonds is 10. The number of alkyl carbamates (subject to hydrolysis) is 1. The summed E-state index contributed by atoms with van der Waals surface area (Å²) >= 11 is 0. The number of hydrogen-bond donors (Lipinski definition) is 3. The van der Waals surface area contributed by atoms with Gasteiger partial charge in [-0.1, -0.05) is 62.4 Å². The lowest BCUT2D eigenvalue weighted by Gasteiger charge is -2.34. The standard InChI is InChI=1S/C28H34N2O5/c1-17(2)11-25(27(33)29-15-19-12-18(13-19)14-26(31)32)30-28(34)35-16-24-22-9-5-3-7-20(22)21-8-4-6-10-23(21)24/h3-10,17-19,24-25H,11-16H2,1-2H3,(H,29,33)(H,30,34)(H,31,32). The molecule has 2 aliphatic rings. The number of amides is 2. The lowest BCUT2D eigenvalue weighted by molar-refractivity contribution is -0.139. The molecule has 186 valence electrons. The Bertz CT molecular complexity index is 1030. The third kappa shape index (κ3) is 6.02. The van der Waals surface area contributed by atoms with E-state index in [-0.39, 0.29) is 42.6 Å². The summed E-state index contributed by atoms with van der Waals surface area (Å²) in [5, 5.41) is 14.6. The van der Waals surface area contributed by atoms with Gasteiger partial charge in [0, 0.05) is 18.9 Å². The molecule has 0 aliphatic heterocycles. The maximum Gasteiger partial charge on any atom is 0.407 e. The molecule has 1 fully saturated rings. The highest BCUT2D eigenvalue weighted by molar-refractivity contribution is 5.85. The first-order valence-corrected chi connectivity index (χ1v) is 12.4. The summed E-state index contributed by atoms with van der Waals surface area (Å²) in [6.07, 6.45) is 1.70. The molecule has 0 bridgehead atoms. The van der Waals surface area contributed by atoms with E-state index in [0.717, 1.165) is 35.1 Å². The van der Waals surface area contributed by atoms with E-state index in [1.165, 1.54) is 0 Å². The van der Waals surface area contributed by atoms with Crippen molar-refractivity contribution in [3.8, 4) is 11.1 Å². The van der Waals surface area contributed by atoms with Crippen molar-refractivity contribution in [2.75, 3.05) is 13.2 Å². The second-order valence-corrected chi connectivity index (χ2v) is 10.2. The molecule has 0 saturated heterocycles. The summed E-state index contributed by atoms with van der Waals surface area (Å²) in [7, 11) is 0. The summed E-state index contributed by atoms with van der Waals surface area (Å²) in [5.74, 6) is -0.348. The molecule has 2 aliphatic carbocycles. The Morgan fingerprint density at radius 2 is 1.57 bits per heavy atom. The first-order valence-electron chi connectivity index (χ1n) is 12.4. The fourth-order valence-corrected chi connectivity index (χ4v) is 5.31. The van der Waals surface area contributed by atoms with Gasteiger partial charge in [-0.05, 0) is 59.3 Å². The number of carbonyl (C=O) groups is 3. The minimum atomic E-state index is -0.776. The molecule has 1 saturated carbocycles. The third-order valence-corrected chi connectivity index (χ3v) is 7.02. The Kier molecular flexibility index (Phi) is 7.73. The van der Waals surface area contributed by atoms with Crippen molar-refractivity contribution in [3.05, 3.63) is 59.7 Å². The molecule has 1 atom stereocenters. The maximum atomic E-state index is 12.8. The van der Waals surface area contributed by atoms with Gasteiger partial charge in [-0.25, -0.2) is 4.79 Å². The number of carbonyl (C=O) groups excluding carboxylic acids is 2. The zero-order chi connectivity index (χ0) is 24.9. The Hall–Kier alpha value is -3.35. The van der Waals surface area contributed by atoms with Gasteiger partial charge < -0.3 is 20.5 Å². The van der Waals surface area contributed by atoms with Crippen LogP contribution in [0.4, 0.5) is 4.79 Å². The fraction of sp³-hybridized carbons (Fsp3) is 0.464. The molecule has 7 heteroatoms. The zero-order valence-electron chi connectivity index (χ0n) is 20.3. The van der Waals surface area contributed by atoms with Gasteiger partial charge in [0.1, 0.15) is 12.6 Å². The van der Waals surface area contributed by atoms with Crippen molar-refractivity contribution in [3.63, 3.8) is 0 Å². The second-order valence-electron chi connectivity index (χ2n) is 10.2. The number of carboxylic acids is 1. The monoisotopic (exact) mass is 478 g/mol. The zero-order valence-corrected chi connectivity index (χ0v) is 20.3. The van der Waals surface area contributed by atoms with Crippen LogP contribution in [-0.4, -0.2) is 42.3 Å². The van der Waals surface area contributed by atoms with Crippen molar-refractivity contribution < 1.29 is 24.2 Å². The van der Waals surface area contributed by atoms with Gasteiger partial charge in [-0.15, -0.1) is 0 Å². The summed E-state index contributed by atoms with van der Waals surface area (Å²) in [4.78, 5) is 36.3. The van der Waals surface area contributed by atoms with Gasteiger partial charge in [0.2, 0.25) is 5.91 Å². The van der Waals surface area contributed by atoms with Crippen molar-refractivity contribution in [2.24, 2.45) is 17.8 Å². The van der Waals surface area contributed by atoms with Crippen molar-refractivity contribution >= 4 is 18.0 Å². The fourth-order valence-electron chi connectivity index (χ4n) is 5.31. The SMILES string of the molecule is CC(C)CC(NC(=O)OCC1c2ccccc2-c2ccccc21)C(=O)NCC1CC(CC(=O)O)C1. The largest absolute Gasteiger partial charge is 0.481 e. The second kappa shape index (κ2) is 10.9. The lowest BCUT2D eigenvalue weighted by Crippen LogP contribution is -2.49. The third-order valence-electron chi connectivity index (χ3n) is 7.02. The number of ether oxygens (including phenoxy) is 1. The normalized spacial score (nSPS) is 19.3. The van der Waals surface area contributed by atoms with Crippen LogP contribution in [0.15, 0.2) is 48.5 Å². The summed E-state index contributed by atoms with van der Waals surface area (Å²) < 4.78 is 5.63. The van der Waals surface area contributed by atoms with E-state index in [1.807, 2.05) is 38.1 Å². The van der Waals surface area contributed by atoms with E-state index in [9.17, 15) is 14.4 Å². The van der Waals surface area contributed by atoms with Gasteiger partial charge in [-0.2, -0.15) is 0 Å². The molecule has 0 radical (unpaired) electrons. The van der Waals surface area contributed by atoms with Gasteiger partial charge in [0.25, 0.3) is 0 Å². The molecule has 4 rings (SSSR count). The summed E-state index contributed by atoms with van der Waals surface area (Å²) in [6, 6.07) is 15.6. The van der Waals surface area contributed by atoms with E-state index in [2.05, 4.69) is 34.9 Å². The summed E-state index contributed by atoms with van der Waals surface area (Å²) in [6.45, 7) is 4.70. The highest BCUT2D eigenvalue weighted by Gasteiger charge is 2.32. The lowest BCUT2D eigenvalue weighted by atomic mass is 9.73. The molecule has 0 heterocycles. The minimum absolute atomic E-state index is 0.0390. The number of benzene rings is 2. The van der Waals surface area contributed by atoms with Crippen LogP contribution in [0.25, 0.3) is 11.1 Å². The molecule has 1 unspecified atom stereocenters. The predicted molar refractivity (Wildman–Crippen MR) is 133 cm³/mol. The smallest absolute Gasteiger partial charge is 0.407 e. The minimum Gasteiger partial charge on any atom is -0.481 e. The molecule has 2 aromatic carbocycles. The van der Waals surface area contributed by atoms with Crippen molar-refractivity contribution in [2.45, 2.75) is 51.5 Å². The van der Waals surface area contributed by atoms with E-state index in [1.54, 1.807) is 0 Å². The maximum absolute atomic E-state index is 12.8. The van der Waals surface area contributed by atoms with Crippen molar-refractivity contribution in [1.82, 2.24) is 10.6 Å². The number of carboxylic acid groups (broad SMARTS) is 1. The van der Waals surface area contributed by atoms with Gasteiger partial charge in [0.15, 0.2) is 0 Å². The van der Waals surface area contributed by atoms with Crippen LogP contribution >= 0.6 is 0 Å². The predicted octanol–water partition coefficient (Wildman–Crippen LogP) is 4.56. The molecule has 0 aromatic heterocycles. The molecule has 35 heavy (non-hydrogen) atoms. The Morgan fingerprint density at radius 3 is 2.14 bits per heavy atom. The quantitative estimate of drug-likeness (QED) is 0.464. The number of hydrogen-bond acceptors (Lipinski definition) is 4. The van der Waals surface area contributed by atoms with Crippen LogP contribution < -0.4 is 10.6 Å². The van der Waals surface area contributed by atoms with Crippen LogP contribution in [0.3, 0.4) is 0 Å². The van der Waals surface area contributed by atoms with E-state index in [0.29, 0.717) is 13.0 Å². The molecule has 0 spiro atoms. The van der Waals surface area contributed by atoms with Crippen LogP contribution in [0.1, 0.15) is 56.6 Å². The van der Waals surface area contributed by atoms with Crippen LogP contribution in [0, 0.1) is 17.8 Å². The van der Waals surface area contributed by atoms with E-state index >= 15 is 0 Å². The van der Waals surface area contributed by atoms with Gasteiger partial charge >= 0.3 is 12.1 Å². The highest BCUT2D eigenvalue weighted by atomic mass is 16.5. The molecule has 2 aromatic rings. The van der Waals surface area contributed by atoms with E-state index < -0.39 is 18.1 Å². The Balaban J connectivity index is 1.30.